The van der Waals surface area contributed by atoms with Crippen molar-refractivity contribution in [3.63, 3.8) is 0 Å². The molecule has 0 saturated carbocycles. The van der Waals surface area contributed by atoms with Gasteiger partial charge in [0.25, 0.3) is 0 Å². The van der Waals surface area contributed by atoms with Gasteiger partial charge in [0.2, 0.25) is 0 Å². The number of hydrogen-bond acceptors (Lipinski definition) is 2. The molecule has 0 bridgehead atoms. The molecule has 0 aliphatic carbocycles. The summed E-state index contributed by atoms with van der Waals surface area (Å²) >= 11 is 0. The molecule has 1 fully saturated rings. The molecular weight excluding hydrogens is 224 g/mol. The van der Waals surface area contributed by atoms with Crippen LogP contribution in [-0.4, -0.2) is 18.5 Å². The normalized spacial score (nSPS) is 29.7. The van der Waals surface area contributed by atoms with Gasteiger partial charge in [-0.1, -0.05) is 53.4 Å². The van der Waals surface area contributed by atoms with E-state index in [1.165, 1.54) is 32.1 Å². The first-order valence-corrected chi connectivity index (χ1v) is 8.00. The lowest BCUT2D eigenvalue weighted by Crippen LogP contribution is -2.32. The van der Waals surface area contributed by atoms with E-state index in [-0.39, 0.29) is 11.9 Å². The van der Waals surface area contributed by atoms with E-state index in [9.17, 15) is 0 Å². The van der Waals surface area contributed by atoms with Crippen LogP contribution in [0.3, 0.4) is 0 Å². The van der Waals surface area contributed by atoms with Crippen molar-refractivity contribution in [2.24, 2.45) is 5.92 Å². The van der Waals surface area contributed by atoms with Crippen LogP contribution in [0.1, 0.15) is 79.1 Å². The van der Waals surface area contributed by atoms with Crippen LogP contribution in [0.4, 0.5) is 0 Å². The average molecular weight is 256 g/mol. The Bertz CT molecular complexity index is 217. The molecule has 0 amide bonds. The highest BCUT2D eigenvalue weighted by Crippen LogP contribution is 2.36. The fraction of sp³-hybridized carbons (Fsp3) is 1.00. The highest BCUT2D eigenvalue weighted by molar-refractivity contribution is 4.85. The van der Waals surface area contributed by atoms with Gasteiger partial charge >= 0.3 is 0 Å². The van der Waals surface area contributed by atoms with Crippen molar-refractivity contribution in [3.05, 3.63) is 0 Å². The van der Waals surface area contributed by atoms with Crippen molar-refractivity contribution in [1.82, 2.24) is 0 Å². The minimum Gasteiger partial charge on any atom is -0.349 e. The van der Waals surface area contributed by atoms with Gasteiger partial charge in [0.1, 0.15) is 0 Å². The minimum absolute atomic E-state index is 0.0142. The molecule has 1 aliphatic heterocycles. The predicted molar refractivity (Wildman–Crippen MR) is 76.7 cm³/mol. The number of unbranched alkanes of at least 4 members (excludes halogenated alkanes) is 2. The molecule has 0 aromatic heterocycles. The first kappa shape index (κ1) is 16.0. The quantitative estimate of drug-likeness (QED) is 0.583. The SMILES string of the molecule is CCCCC(CC)C1OCC(CC)(CCCC)O1. The van der Waals surface area contributed by atoms with Crippen LogP contribution in [0.15, 0.2) is 0 Å². The first-order chi connectivity index (χ1) is 8.71. The lowest BCUT2D eigenvalue weighted by Gasteiger charge is -2.28. The summed E-state index contributed by atoms with van der Waals surface area (Å²) in [5.74, 6) is 0.583. The van der Waals surface area contributed by atoms with Gasteiger partial charge in [-0.05, 0) is 25.7 Å². The average Bonchev–Trinajstić information content (AvgIpc) is 2.82. The zero-order chi connectivity index (χ0) is 13.4. The molecule has 1 aliphatic rings. The largest absolute Gasteiger partial charge is 0.349 e. The Kier molecular flexibility index (Phi) is 7.25. The monoisotopic (exact) mass is 256 g/mol. The summed E-state index contributed by atoms with van der Waals surface area (Å²) in [5.41, 5.74) is 0.0142. The molecule has 0 radical (unpaired) electrons. The topological polar surface area (TPSA) is 18.5 Å². The Labute approximate surface area is 113 Å². The van der Waals surface area contributed by atoms with Gasteiger partial charge in [-0.15, -0.1) is 0 Å². The molecule has 1 saturated heterocycles. The second-order valence-corrected chi connectivity index (χ2v) is 5.75. The van der Waals surface area contributed by atoms with E-state index >= 15 is 0 Å². The van der Waals surface area contributed by atoms with Crippen molar-refractivity contribution < 1.29 is 9.47 Å². The van der Waals surface area contributed by atoms with E-state index < -0.39 is 0 Å². The molecular formula is C16H32O2. The molecule has 0 aromatic carbocycles. The third kappa shape index (κ3) is 4.24. The Balaban J connectivity index is 2.50. The maximum absolute atomic E-state index is 6.33. The molecule has 108 valence electrons. The Morgan fingerprint density at radius 2 is 1.83 bits per heavy atom. The third-order valence-electron chi connectivity index (χ3n) is 4.34. The molecule has 3 unspecified atom stereocenters. The van der Waals surface area contributed by atoms with Crippen LogP contribution in [0.2, 0.25) is 0 Å². The minimum atomic E-state index is 0.0142. The van der Waals surface area contributed by atoms with E-state index in [4.69, 9.17) is 9.47 Å². The van der Waals surface area contributed by atoms with Gasteiger partial charge in [0.15, 0.2) is 6.29 Å². The van der Waals surface area contributed by atoms with Gasteiger partial charge in [0.05, 0.1) is 12.2 Å². The molecule has 0 spiro atoms. The highest BCUT2D eigenvalue weighted by Gasteiger charge is 2.41. The van der Waals surface area contributed by atoms with Crippen molar-refractivity contribution in [2.75, 3.05) is 6.61 Å². The van der Waals surface area contributed by atoms with E-state index in [0.29, 0.717) is 5.92 Å². The van der Waals surface area contributed by atoms with Crippen LogP contribution >= 0.6 is 0 Å². The smallest absolute Gasteiger partial charge is 0.161 e. The molecule has 2 heteroatoms. The predicted octanol–water partition coefficient (Wildman–Crippen LogP) is 4.91. The van der Waals surface area contributed by atoms with Crippen LogP contribution in [0.5, 0.6) is 0 Å². The van der Waals surface area contributed by atoms with Crippen LogP contribution in [0, 0.1) is 5.92 Å². The van der Waals surface area contributed by atoms with Crippen LogP contribution in [-0.2, 0) is 9.47 Å². The second kappa shape index (κ2) is 8.16. The molecule has 0 N–H and O–H groups in total. The molecule has 0 aromatic rings. The van der Waals surface area contributed by atoms with Crippen molar-refractivity contribution in [2.45, 2.75) is 91.0 Å². The third-order valence-corrected chi connectivity index (χ3v) is 4.34. The zero-order valence-corrected chi connectivity index (χ0v) is 12.8. The van der Waals surface area contributed by atoms with Crippen LogP contribution in [0.25, 0.3) is 0 Å². The van der Waals surface area contributed by atoms with E-state index in [2.05, 4.69) is 27.7 Å². The Morgan fingerprint density at radius 1 is 1.11 bits per heavy atom. The van der Waals surface area contributed by atoms with E-state index in [1.54, 1.807) is 0 Å². The maximum atomic E-state index is 6.33. The standard InChI is InChI=1S/C16H32O2/c1-5-9-11-14(7-3)15-17-13-16(8-4,18-15)12-10-6-2/h14-15H,5-13H2,1-4H3. The van der Waals surface area contributed by atoms with Gasteiger partial charge in [-0.2, -0.15) is 0 Å². The molecule has 18 heavy (non-hydrogen) atoms. The van der Waals surface area contributed by atoms with E-state index in [1.807, 2.05) is 0 Å². The molecule has 1 heterocycles. The summed E-state index contributed by atoms with van der Waals surface area (Å²) in [6.07, 6.45) is 9.72. The maximum Gasteiger partial charge on any atom is 0.161 e. The van der Waals surface area contributed by atoms with E-state index in [0.717, 1.165) is 25.9 Å². The Morgan fingerprint density at radius 3 is 2.39 bits per heavy atom. The Hall–Kier alpha value is -0.0800. The summed E-state index contributed by atoms with van der Waals surface area (Å²) in [7, 11) is 0. The van der Waals surface area contributed by atoms with Crippen molar-refractivity contribution in [1.29, 1.82) is 0 Å². The fourth-order valence-corrected chi connectivity index (χ4v) is 2.77. The second-order valence-electron chi connectivity index (χ2n) is 5.75. The van der Waals surface area contributed by atoms with Crippen molar-refractivity contribution in [3.8, 4) is 0 Å². The number of hydrogen-bond donors (Lipinski definition) is 0. The summed E-state index contributed by atoms with van der Waals surface area (Å²) in [5, 5.41) is 0. The van der Waals surface area contributed by atoms with Crippen molar-refractivity contribution >= 4 is 0 Å². The highest BCUT2D eigenvalue weighted by atomic mass is 16.7. The van der Waals surface area contributed by atoms with Gasteiger partial charge in [-0.3, -0.25) is 0 Å². The molecule has 2 nitrogen and oxygen atoms in total. The summed E-state index contributed by atoms with van der Waals surface area (Å²) in [6.45, 7) is 9.78. The van der Waals surface area contributed by atoms with Gasteiger partial charge in [0, 0.05) is 5.92 Å². The van der Waals surface area contributed by atoms with Gasteiger partial charge < -0.3 is 9.47 Å². The summed E-state index contributed by atoms with van der Waals surface area (Å²) in [4.78, 5) is 0. The number of rotatable bonds is 9. The zero-order valence-electron chi connectivity index (χ0n) is 12.8. The lowest BCUT2D eigenvalue weighted by molar-refractivity contribution is -0.127. The molecule has 1 rings (SSSR count). The molecule has 3 atom stereocenters. The van der Waals surface area contributed by atoms with Crippen LogP contribution < -0.4 is 0 Å². The summed E-state index contributed by atoms with van der Waals surface area (Å²) < 4.78 is 12.3. The summed E-state index contributed by atoms with van der Waals surface area (Å²) in [6, 6.07) is 0. The fourth-order valence-electron chi connectivity index (χ4n) is 2.77. The first-order valence-electron chi connectivity index (χ1n) is 8.00. The number of ether oxygens (including phenoxy) is 2. The lowest BCUT2D eigenvalue weighted by atomic mass is 9.94. The van der Waals surface area contributed by atoms with Gasteiger partial charge in [-0.25, -0.2) is 0 Å².